The number of aromatic nitrogens is 8. The molecule has 4 aromatic heterocycles. The molecule has 7 rings (SSSR count). The number of aromatic amines is 1. The quantitative estimate of drug-likeness (QED) is 0.118. The summed E-state index contributed by atoms with van der Waals surface area (Å²) in [7, 11) is -4.99. The Labute approximate surface area is 256 Å². The molecule has 0 aromatic carbocycles. The normalized spacial score (nSPS) is 37.7. The summed E-state index contributed by atoms with van der Waals surface area (Å²) in [6.45, 7) is -3.66. The molecule has 21 nitrogen and oxygen atoms in total. The molecule has 4 aromatic rings. The Morgan fingerprint density at radius 3 is 2.42 bits per heavy atom. The van der Waals surface area contributed by atoms with Crippen molar-refractivity contribution in [3.63, 3.8) is 0 Å². The van der Waals surface area contributed by atoms with Crippen LogP contribution in [0.2, 0.25) is 0 Å². The standard InChI is InChI=1S/C21H26N10O11P2S/c1-7-13-9(40-19(7)30-5-26-10-15(22)24-4-25-16(10)30)3-37-43(34,35)41-14-12(32)8(2-38-44(36,45)42-13)39-20(14)31-6-27-11-17(31)28-21(23)29-18(11)33/h4-9,12-14,19-20,32H,2-3H2,1H3,(H,34,35)(H,36,45)(H2,22,24,25)(H3,23,28,29,33)/t7?,8-,9-,12?,13?,14?,19-,20-,44?/m1/s1. The molecule has 3 aliphatic rings. The fraction of sp³-hybridized carbons (Fsp3) is 0.524. The van der Waals surface area contributed by atoms with Gasteiger partial charge in [0, 0.05) is 5.92 Å². The van der Waals surface area contributed by atoms with Gasteiger partial charge in [-0.1, -0.05) is 19.2 Å². The molecule has 0 spiro atoms. The Hall–Kier alpha value is -3.01. The Morgan fingerprint density at radius 2 is 1.64 bits per heavy atom. The highest BCUT2D eigenvalue weighted by Gasteiger charge is 2.53. The number of nitrogens with two attached hydrogens (primary N) is 2. The van der Waals surface area contributed by atoms with Crippen molar-refractivity contribution < 1.29 is 46.7 Å². The molecular weight excluding hydrogens is 662 g/mol. The van der Waals surface area contributed by atoms with Crippen molar-refractivity contribution in [3.8, 4) is 0 Å². The number of anilines is 2. The lowest BCUT2D eigenvalue weighted by Crippen LogP contribution is -2.35. The number of rotatable bonds is 2. The van der Waals surface area contributed by atoms with Gasteiger partial charge in [-0.2, -0.15) is 4.98 Å². The predicted molar refractivity (Wildman–Crippen MR) is 153 cm³/mol. The van der Waals surface area contributed by atoms with Crippen molar-refractivity contribution in [1.29, 1.82) is 0 Å². The molecule has 24 heteroatoms. The molecule has 0 saturated carbocycles. The van der Waals surface area contributed by atoms with Crippen LogP contribution < -0.4 is 17.0 Å². The summed E-state index contributed by atoms with van der Waals surface area (Å²) in [6.07, 6.45) is -5.12. The van der Waals surface area contributed by atoms with Gasteiger partial charge in [0.05, 0.1) is 25.9 Å². The minimum absolute atomic E-state index is 0.0668. The van der Waals surface area contributed by atoms with E-state index in [1.165, 1.54) is 17.2 Å². The molecule has 3 saturated heterocycles. The minimum atomic E-state index is -4.99. The molecule has 3 aliphatic heterocycles. The summed E-state index contributed by atoms with van der Waals surface area (Å²) in [5, 5.41) is 11.1. The van der Waals surface area contributed by atoms with E-state index in [1.54, 1.807) is 11.5 Å². The molecule has 7 N–H and O–H groups in total. The van der Waals surface area contributed by atoms with Crippen LogP contribution in [0.4, 0.5) is 11.8 Å². The maximum absolute atomic E-state index is 13.5. The second-order valence-electron chi connectivity index (χ2n) is 10.5. The van der Waals surface area contributed by atoms with Crippen LogP contribution in [0, 0.1) is 5.92 Å². The predicted octanol–water partition coefficient (Wildman–Crippen LogP) is -0.129. The van der Waals surface area contributed by atoms with Gasteiger partial charge in [-0.05, 0) is 0 Å². The Morgan fingerprint density at radius 1 is 0.956 bits per heavy atom. The zero-order valence-electron chi connectivity index (χ0n) is 23.0. The van der Waals surface area contributed by atoms with E-state index in [0.717, 1.165) is 6.33 Å². The number of hydrogen-bond donors (Lipinski definition) is 6. The van der Waals surface area contributed by atoms with Crippen molar-refractivity contribution in [3.05, 3.63) is 29.3 Å². The summed E-state index contributed by atoms with van der Waals surface area (Å²) in [5.74, 6) is -0.694. The summed E-state index contributed by atoms with van der Waals surface area (Å²) in [4.78, 5) is 45.8. The van der Waals surface area contributed by atoms with Gasteiger partial charge in [0.2, 0.25) is 5.95 Å². The summed E-state index contributed by atoms with van der Waals surface area (Å²) in [6, 6.07) is 0. The highest BCUT2D eigenvalue weighted by molar-refractivity contribution is 8.44. The first-order chi connectivity index (χ1) is 21.3. The lowest BCUT2D eigenvalue weighted by molar-refractivity contribution is -0.0627. The highest BCUT2D eigenvalue weighted by Crippen LogP contribution is 2.59. The number of fused-ring (bicyclic) bond motifs is 5. The van der Waals surface area contributed by atoms with Crippen LogP contribution in [-0.4, -0.2) is 92.8 Å². The summed E-state index contributed by atoms with van der Waals surface area (Å²) < 4.78 is 63.6. The van der Waals surface area contributed by atoms with Gasteiger partial charge < -0.3 is 30.9 Å². The van der Waals surface area contributed by atoms with Gasteiger partial charge in [-0.25, -0.2) is 29.1 Å². The van der Waals surface area contributed by atoms with Gasteiger partial charge in [-0.15, -0.1) is 0 Å². The van der Waals surface area contributed by atoms with E-state index in [-0.39, 0.29) is 22.9 Å². The lowest BCUT2D eigenvalue weighted by Gasteiger charge is -2.26. The Kier molecular flexibility index (Phi) is 7.53. The second-order valence-corrected chi connectivity index (χ2v) is 14.8. The number of ether oxygens (including phenoxy) is 2. The van der Waals surface area contributed by atoms with E-state index in [0.29, 0.717) is 11.2 Å². The van der Waals surface area contributed by atoms with E-state index >= 15 is 0 Å². The van der Waals surface area contributed by atoms with E-state index in [4.69, 9.17) is 39.0 Å². The molecule has 242 valence electrons. The number of phosphoric acid groups is 1. The van der Waals surface area contributed by atoms with Crippen LogP contribution in [0.25, 0.3) is 22.3 Å². The third kappa shape index (κ3) is 5.44. The molecule has 45 heavy (non-hydrogen) atoms. The zero-order valence-corrected chi connectivity index (χ0v) is 25.6. The fourth-order valence-electron chi connectivity index (χ4n) is 5.58. The maximum Gasteiger partial charge on any atom is 0.472 e. The van der Waals surface area contributed by atoms with Crippen molar-refractivity contribution in [2.24, 2.45) is 5.92 Å². The largest absolute Gasteiger partial charge is 0.472 e. The number of H-pyrrole nitrogens is 1. The van der Waals surface area contributed by atoms with Gasteiger partial charge >= 0.3 is 14.6 Å². The molecule has 0 amide bonds. The number of nitrogen functional groups attached to an aromatic ring is 2. The second kappa shape index (κ2) is 11.1. The fourth-order valence-corrected chi connectivity index (χ4v) is 8.07. The third-order valence-corrected chi connectivity index (χ3v) is 10.3. The number of aliphatic hydroxyl groups is 1. The van der Waals surface area contributed by atoms with Gasteiger partial charge in [0.15, 0.2) is 28.9 Å². The zero-order chi connectivity index (χ0) is 31.8. The topological polar surface area (TPSA) is 289 Å². The number of nitrogens with zero attached hydrogens (tertiary/aromatic N) is 7. The Balaban J connectivity index is 1.21. The van der Waals surface area contributed by atoms with Crippen LogP contribution in [0.15, 0.2) is 23.8 Å². The number of imidazole rings is 2. The molecule has 3 fully saturated rings. The van der Waals surface area contributed by atoms with Crippen LogP contribution in [0.1, 0.15) is 19.4 Å². The van der Waals surface area contributed by atoms with Crippen LogP contribution in [0.5, 0.6) is 0 Å². The van der Waals surface area contributed by atoms with Crippen LogP contribution >= 0.6 is 26.9 Å². The average molecular weight is 689 g/mol. The van der Waals surface area contributed by atoms with Gasteiger partial charge in [-0.3, -0.25) is 37.0 Å². The van der Waals surface area contributed by atoms with Crippen molar-refractivity contribution >= 4 is 61.0 Å². The number of thiol groups is 1. The Bertz CT molecular complexity index is 1940. The van der Waals surface area contributed by atoms with Crippen molar-refractivity contribution in [2.75, 3.05) is 24.7 Å². The van der Waals surface area contributed by atoms with Gasteiger partial charge in [0.1, 0.15) is 48.6 Å². The smallest absolute Gasteiger partial charge is 0.387 e. The first kappa shape index (κ1) is 30.6. The molecular formula is C21H26N10O11P2S. The van der Waals surface area contributed by atoms with E-state index in [2.05, 4.69) is 42.2 Å². The number of phosphoric ester groups is 1. The SMILES string of the molecule is CC1C2OP(=O)(S)OC[C@H]3O[C@@H](n4cnc5c(=O)[nH]c(N)nc54)C(OP(=O)(O)OC[C@H]2O[C@H]1n1cnc2c(N)ncnc21)C3O. The summed E-state index contributed by atoms with van der Waals surface area (Å²) >= 11 is 4.12. The van der Waals surface area contributed by atoms with Crippen molar-refractivity contribution in [2.45, 2.75) is 49.9 Å². The first-order valence-corrected chi connectivity index (χ1v) is 17.5. The molecule has 0 radical (unpaired) electrons. The average Bonchev–Trinajstić information content (AvgIpc) is 3.72. The molecule has 6 unspecified atom stereocenters. The number of hydrogen-bond acceptors (Lipinski definition) is 17. The third-order valence-electron chi connectivity index (χ3n) is 7.66. The van der Waals surface area contributed by atoms with E-state index < -0.39 is 82.3 Å². The summed E-state index contributed by atoms with van der Waals surface area (Å²) in [5.41, 5.74) is 11.4. The molecule has 2 bridgehead atoms. The number of aliphatic hydroxyl groups excluding tert-OH is 1. The monoisotopic (exact) mass is 688 g/mol. The minimum Gasteiger partial charge on any atom is -0.387 e. The van der Waals surface area contributed by atoms with E-state index in [9.17, 15) is 23.9 Å². The first-order valence-electron chi connectivity index (χ1n) is 13.3. The molecule has 7 heterocycles. The lowest BCUT2D eigenvalue weighted by atomic mass is 10.0. The van der Waals surface area contributed by atoms with Crippen LogP contribution in [0.3, 0.4) is 0 Å². The molecule has 0 aliphatic carbocycles. The highest BCUT2D eigenvalue weighted by atomic mass is 32.7. The van der Waals surface area contributed by atoms with Crippen molar-refractivity contribution in [1.82, 2.24) is 39.0 Å². The molecule has 10 atom stereocenters. The number of nitrogens with one attached hydrogen (secondary N) is 1. The van der Waals surface area contributed by atoms with E-state index in [1.807, 2.05) is 0 Å². The van der Waals surface area contributed by atoms with Crippen LogP contribution in [-0.2, 0) is 36.7 Å². The maximum atomic E-state index is 13.5. The van der Waals surface area contributed by atoms with Gasteiger partial charge in [0.25, 0.3) is 5.56 Å².